The molecule has 0 aliphatic carbocycles. The van der Waals surface area contributed by atoms with Gasteiger partial charge in [0.2, 0.25) is 0 Å². The number of amides is 3. The zero-order valence-electron chi connectivity index (χ0n) is 14.1. The van der Waals surface area contributed by atoms with Crippen LogP contribution in [0.3, 0.4) is 0 Å². The number of halogens is 3. The smallest absolute Gasteiger partial charge is 0.332 e. The normalized spacial score (nSPS) is 21.9. The molecule has 2 aliphatic rings. The molecule has 0 aromatic heterocycles. The molecule has 4 rings (SSSR count). The van der Waals surface area contributed by atoms with Crippen molar-refractivity contribution in [3.63, 3.8) is 0 Å². The van der Waals surface area contributed by atoms with Crippen molar-refractivity contribution in [2.75, 3.05) is 11.4 Å². The summed E-state index contributed by atoms with van der Waals surface area (Å²) >= 11 is 17.9. The van der Waals surface area contributed by atoms with E-state index in [1.807, 2.05) is 12.1 Å². The highest BCUT2D eigenvalue weighted by Gasteiger charge is 2.51. The number of ether oxygens (including phenoxy) is 1. The molecule has 0 bridgehead atoms. The summed E-state index contributed by atoms with van der Waals surface area (Å²) in [5, 5.41) is 1.40. The Labute approximate surface area is 171 Å². The van der Waals surface area contributed by atoms with Crippen molar-refractivity contribution >= 4 is 52.4 Å². The summed E-state index contributed by atoms with van der Waals surface area (Å²) in [5.41, 5.74) is 1.37. The van der Waals surface area contributed by atoms with Crippen LogP contribution in [0, 0.1) is 0 Å². The molecule has 5 nitrogen and oxygen atoms in total. The first-order chi connectivity index (χ1) is 12.9. The predicted octanol–water partition coefficient (Wildman–Crippen LogP) is 4.77. The lowest BCUT2D eigenvalue weighted by Gasteiger charge is -2.18. The largest absolute Gasteiger partial charge is 0.372 e. The number of fused-ring (bicyclic) bond motifs is 1. The third-order valence-corrected chi connectivity index (χ3v) is 5.40. The lowest BCUT2D eigenvalue weighted by Crippen LogP contribution is -2.35. The van der Waals surface area contributed by atoms with Crippen LogP contribution < -0.4 is 4.90 Å². The minimum Gasteiger partial charge on any atom is -0.372 e. The Kier molecular flexibility index (Phi) is 5.03. The minimum atomic E-state index is -0.523. The summed E-state index contributed by atoms with van der Waals surface area (Å²) in [6, 6.07) is 11.1. The second kappa shape index (κ2) is 7.32. The van der Waals surface area contributed by atoms with Gasteiger partial charge in [-0.05, 0) is 35.9 Å². The molecule has 0 saturated carbocycles. The van der Waals surface area contributed by atoms with E-state index in [4.69, 9.17) is 39.5 Å². The van der Waals surface area contributed by atoms with Gasteiger partial charge in [0, 0.05) is 28.0 Å². The molecule has 0 N–H and O–H groups in total. The van der Waals surface area contributed by atoms with Gasteiger partial charge in [-0.15, -0.1) is 0 Å². The van der Waals surface area contributed by atoms with Gasteiger partial charge in [-0.1, -0.05) is 46.9 Å². The first-order valence-electron chi connectivity index (χ1n) is 8.39. The number of urea groups is 1. The van der Waals surface area contributed by atoms with Gasteiger partial charge in [0.25, 0.3) is 5.91 Å². The predicted molar refractivity (Wildman–Crippen MR) is 104 cm³/mol. The lowest BCUT2D eigenvalue weighted by molar-refractivity contribution is -0.119. The average Bonchev–Trinajstić information content (AvgIpc) is 3.13. The van der Waals surface area contributed by atoms with Crippen LogP contribution in [0.15, 0.2) is 42.5 Å². The highest BCUT2D eigenvalue weighted by atomic mass is 35.5. The topological polar surface area (TPSA) is 49.9 Å². The van der Waals surface area contributed by atoms with E-state index in [2.05, 4.69) is 0 Å². The number of carbonyl (C=O) groups is 2. The van der Waals surface area contributed by atoms with Crippen molar-refractivity contribution in [1.82, 2.24) is 4.90 Å². The van der Waals surface area contributed by atoms with Crippen LogP contribution in [0.2, 0.25) is 15.1 Å². The van der Waals surface area contributed by atoms with Gasteiger partial charge < -0.3 is 9.64 Å². The van der Waals surface area contributed by atoms with Crippen LogP contribution in [0.5, 0.6) is 0 Å². The standard InChI is InChI=1S/C19H15Cl3N2O3/c20-12-3-1-11(2-4-12)10-27-16-8-17-18(25)24(19(26)23(17)9-16)15-6-13(21)5-14(22)7-15/h1-7,16-17H,8-10H2/t16-,17-/m1/s1. The summed E-state index contributed by atoms with van der Waals surface area (Å²) in [5.74, 6) is -0.282. The van der Waals surface area contributed by atoms with E-state index in [1.54, 1.807) is 35.2 Å². The van der Waals surface area contributed by atoms with E-state index in [-0.39, 0.29) is 18.0 Å². The number of hydrogen-bond acceptors (Lipinski definition) is 3. The Balaban J connectivity index is 1.44. The van der Waals surface area contributed by atoms with Gasteiger partial charge in [-0.3, -0.25) is 4.79 Å². The fraction of sp³-hybridized carbons (Fsp3) is 0.263. The quantitative estimate of drug-likeness (QED) is 0.663. The molecule has 2 aromatic carbocycles. The molecule has 2 fully saturated rings. The highest BCUT2D eigenvalue weighted by Crippen LogP contribution is 2.35. The Morgan fingerprint density at radius 1 is 0.963 bits per heavy atom. The van der Waals surface area contributed by atoms with E-state index in [0.29, 0.717) is 40.3 Å². The van der Waals surface area contributed by atoms with Crippen molar-refractivity contribution in [3.8, 4) is 0 Å². The van der Waals surface area contributed by atoms with Gasteiger partial charge in [0.1, 0.15) is 6.04 Å². The fourth-order valence-corrected chi connectivity index (χ4v) is 4.08. The molecule has 0 radical (unpaired) electrons. The monoisotopic (exact) mass is 424 g/mol. The Morgan fingerprint density at radius 3 is 2.26 bits per heavy atom. The number of rotatable bonds is 4. The van der Waals surface area contributed by atoms with Crippen molar-refractivity contribution < 1.29 is 14.3 Å². The summed E-state index contributed by atoms with van der Waals surface area (Å²) in [4.78, 5) is 28.2. The van der Waals surface area contributed by atoms with Crippen LogP contribution in [0.1, 0.15) is 12.0 Å². The van der Waals surface area contributed by atoms with Crippen LogP contribution >= 0.6 is 34.8 Å². The number of imide groups is 1. The highest BCUT2D eigenvalue weighted by molar-refractivity contribution is 6.35. The minimum absolute atomic E-state index is 0.191. The Bertz CT molecular complexity index is 859. The first-order valence-corrected chi connectivity index (χ1v) is 9.52. The molecule has 2 aliphatic heterocycles. The fourth-order valence-electron chi connectivity index (χ4n) is 3.44. The van der Waals surface area contributed by atoms with E-state index in [1.165, 1.54) is 0 Å². The molecular weight excluding hydrogens is 411 g/mol. The molecule has 27 heavy (non-hydrogen) atoms. The molecule has 2 atom stereocenters. The Morgan fingerprint density at radius 2 is 1.63 bits per heavy atom. The maximum absolute atomic E-state index is 12.8. The second-order valence-electron chi connectivity index (χ2n) is 6.55. The van der Waals surface area contributed by atoms with E-state index < -0.39 is 6.04 Å². The molecule has 2 aromatic rings. The van der Waals surface area contributed by atoms with Crippen molar-refractivity contribution in [2.24, 2.45) is 0 Å². The molecular formula is C19H15Cl3N2O3. The Hall–Kier alpha value is -1.79. The molecule has 0 unspecified atom stereocenters. The number of anilines is 1. The molecule has 2 saturated heterocycles. The van der Waals surface area contributed by atoms with Gasteiger partial charge in [-0.25, -0.2) is 9.69 Å². The number of benzene rings is 2. The van der Waals surface area contributed by atoms with Crippen molar-refractivity contribution in [1.29, 1.82) is 0 Å². The maximum atomic E-state index is 12.8. The van der Waals surface area contributed by atoms with E-state index >= 15 is 0 Å². The lowest BCUT2D eigenvalue weighted by atomic mass is 10.1. The zero-order chi connectivity index (χ0) is 19.1. The third-order valence-electron chi connectivity index (χ3n) is 4.71. The van der Waals surface area contributed by atoms with Crippen LogP contribution in [-0.4, -0.2) is 35.5 Å². The molecule has 0 spiro atoms. The number of hydrogen-bond donors (Lipinski definition) is 0. The number of carbonyl (C=O) groups excluding carboxylic acids is 2. The van der Waals surface area contributed by atoms with Gasteiger partial charge in [0.05, 0.1) is 18.4 Å². The van der Waals surface area contributed by atoms with Crippen LogP contribution in [0.25, 0.3) is 0 Å². The van der Waals surface area contributed by atoms with E-state index in [0.717, 1.165) is 10.5 Å². The summed E-state index contributed by atoms with van der Waals surface area (Å²) in [6.07, 6.45) is 0.270. The molecule has 3 amide bonds. The third kappa shape index (κ3) is 3.65. The van der Waals surface area contributed by atoms with Gasteiger partial charge in [0.15, 0.2) is 0 Å². The molecule has 2 heterocycles. The van der Waals surface area contributed by atoms with Crippen molar-refractivity contribution in [2.45, 2.75) is 25.2 Å². The van der Waals surface area contributed by atoms with Crippen molar-refractivity contribution in [3.05, 3.63) is 63.1 Å². The summed E-state index contributed by atoms with van der Waals surface area (Å²) in [6.45, 7) is 0.770. The maximum Gasteiger partial charge on any atom is 0.332 e. The van der Waals surface area contributed by atoms with Gasteiger partial charge in [-0.2, -0.15) is 0 Å². The SMILES string of the molecule is O=C1[C@H]2C[C@@H](OCc3ccc(Cl)cc3)CN2C(=O)N1c1cc(Cl)cc(Cl)c1. The summed E-state index contributed by atoms with van der Waals surface area (Å²) in [7, 11) is 0. The summed E-state index contributed by atoms with van der Waals surface area (Å²) < 4.78 is 5.89. The molecule has 8 heteroatoms. The van der Waals surface area contributed by atoms with Crippen LogP contribution in [-0.2, 0) is 16.1 Å². The van der Waals surface area contributed by atoms with Crippen LogP contribution in [0.4, 0.5) is 10.5 Å². The number of nitrogens with zero attached hydrogens (tertiary/aromatic N) is 2. The van der Waals surface area contributed by atoms with E-state index in [9.17, 15) is 9.59 Å². The first kappa shape index (κ1) is 18.6. The zero-order valence-corrected chi connectivity index (χ0v) is 16.3. The average molecular weight is 426 g/mol. The van der Waals surface area contributed by atoms with Gasteiger partial charge >= 0.3 is 6.03 Å². The second-order valence-corrected chi connectivity index (χ2v) is 7.86. The molecule has 140 valence electrons.